The molecule has 5 heteroatoms. The molecule has 3 N–H and O–H groups in total. The third kappa shape index (κ3) is 4.62. The highest BCUT2D eigenvalue weighted by molar-refractivity contribution is 6.05. The minimum atomic E-state index is -0.695. The van der Waals surface area contributed by atoms with Gasteiger partial charge >= 0.3 is 6.09 Å². The van der Waals surface area contributed by atoms with Crippen molar-refractivity contribution in [3.05, 3.63) is 29.8 Å². The van der Waals surface area contributed by atoms with Gasteiger partial charge in [0.15, 0.2) is 5.78 Å². The molecule has 0 unspecified atom stereocenters. The molecular formula is C14H20N2O3. The molecule has 0 saturated heterocycles. The zero-order chi connectivity index (χ0) is 14.6. The van der Waals surface area contributed by atoms with Crippen molar-refractivity contribution < 1.29 is 14.3 Å². The molecule has 0 aromatic heterocycles. The van der Waals surface area contributed by atoms with Crippen molar-refractivity contribution in [1.82, 2.24) is 5.32 Å². The van der Waals surface area contributed by atoms with E-state index in [0.717, 1.165) is 0 Å². The van der Waals surface area contributed by atoms with Gasteiger partial charge in [-0.15, -0.1) is 0 Å². The number of anilines is 1. The van der Waals surface area contributed by atoms with Gasteiger partial charge in [-0.1, -0.05) is 12.1 Å². The number of alkyl carbamates (subject to hydrolysis) is 1. The Morgan fingerprint density at radius 3 is 2.37 bits per heavy atom. The summed E-state index contributed by atoms with van der Waals surface area (Å²) >= 11 is 0. The lowest BCUT2D eigenvalue weighted by Gasteiger charge is -2.21. The molecule has 1 aromatic rings. The van der Waals surface area contributed by atoms with Crippen LogP contribution in [-0.2, 0) is 4.74 Å². The summed E-state index contributed by atoms with van der Waals surface area (Å²) in [5.74, 6) is -0.246. The lowest BCUT2D eigenvalue weighted by atomic mass is 10.0. The Morgan fingerprint density at radius 2 is 1.84 bits per heavy atom. The van der Waals surface area contributed by atoms with Crippen molar-refractivity contribution in [2.24, 2.45) is 0 Å². The number of benzene rings is 1. The maximum Gasteiger partial charge on any atom is 0.408 e. The standard InChI is InChI=1S/C14H20N2O3/c1-9(16-13(18)19-14(2,3)4)12(17)10-7-5-6-8-11(10)15/h5-9H,15H2,1-4H3,(H,16,18)/t9-/m0/s1. The van der Waals surface area contributed by atoms with Crippen LogP contribution in [0.1, 0.15) is 38.1 Å². The van der Waals surface area contributed by atoms with Crippen LogP contribution in [0.2, 0.25) is 0 Å². The highest BCUT2D eigenvalue weighted by Gasteiger charge is 2.22. The number of rotatable bonds is 3. The largest absolute Gasteiger partial charge is 0.444 e. The van der Waals surface area contributed by atoms with Gasteiger partial charge in [-0.2, -0.15) is 0 Å². The zero-order valence-electron chi connectivity index (χ0n) is 11.7. The molecule has 0 aliphatic rings. The number of ketones is 1. The van der Waals surface area contributed by atoms with Crippen molar-refractivity contribution in [3.8, 4) is 0 Å². The van der Waals surface area contributed by atoms with E-state index in [1.807, 2.05) is 0 Å². The van der Waals surface area contributed by atoms with Gasteiger partial charge in [0.2, 0.25) is 0 Å². The third-order valence-electron chi connectivity index (χ3n) is 2.35. The number of para-hydroxylation sites is 1. The van der Waals surface area contributed by atoms with Gasteiger partial charge in [0, 0.05) is 11.3 Å². The van der Waals surface area contributed by atoms with E-state index in [4.69, 9.17) is 10.5 Å². The second kappa shape index (κ2) is 5.73. The number of nitrogens with two attached hydrogens (primary N) is 1. The average Bonchev–Trinajstić information content (AvgIpc) is 2.26. The van der Waals surface area contributed by atoms with Gasteiger partial charge in [0.1, 0.15) is 5.60 Å². The van der Waals surface area contributed by atoms with E-state index in [1.54, 1.807) is 52.0 Å². The molecule has 19 heavy (non-hydrogen) atoms. The highest BCUT2D eigenvalue weighted by atomic mass is 16.6. The van der Waals surface area contributed by atoms with E-state index < -0.39 is 17.7 Å². The molecule has 0 bridgehead atoms. The SMILES string of the molecule is C[C@H](NC(=O)OC(C)(C)C)C(=O)c1ccccc1N. The van der Waals surface area contributed by atoms with E-state index in [0.29, 0.717) is 11.3 Å². The summed E-state index contributed by atoms with van der Waals surface area (Å²) < 4.78 is 5.09. The van der Waals surface area contributed by atoms with Crippen LogP contribution in [-0.4, -0.2) is 23.5 Å². The first kappa shape index (κ1) is 15.0. The van der Waals surface area contributed by atoms with Crippen LogP contribution in [0.5, 0.6) is 0 Å². The van der Waals surface area contributed by atoms with Gasteiger partial charge in [0.05, 0.1) is 6.04 Å². The van der Waals surface area contributed by atoms with E-state index in [2.05, 4.69) is 5.32 Å². The predicted molar refractivity (Wildman–Crippen MR) is 74.0 cm³/mol. The molecule has 5 nitrogen and oxygen atoms in total. The zero-order valence-corrected chi connectivity index (χ0v) is 11.7. The molecule has 1 rings (SSSR count). The van der Waals surface area contributed by atoms with E-state index in [9.17, 15) is 9.59 Å². The first-order valence-corrected chi connectivity index (χ1v) is 6.09. The Balaban J connectivity index is 2.69. The number of amides is 1. The lowest BCUT2D eigenvalue weighted by molar-refractivity contribution is 0.0497. The fourth-order valence-electron chi connectivity index (χ4n) is 1.50. The maximum atomic E-state index is 12.1. The molecule has 0 heterocycles. The van der Waals surface area contributed by atoms with E-state index in [1.165, 1.54) is 0 Å². The number of Topliss-reactive ketones (excluding diaryl/α,β-unsaturated/α-hetero) is 1. The Bertz CT molecular complexity index is 478. The smallest absolute Gasteiger partial charge is 0.408 e. The minimum Gasteiger partial charge on any atom is -0.444 e. The number of hydrogen-bond acceptors (Lipinski definition) is 4. The highest BCUT2D eigenvalue weighted by Crippen LogP contribution is 2.13. The van der Waals surface area contributed by atoms with Crippen LogP contribution >= 0.6 is 0 Å². The number of carbonyl (C=O) groups excluding carboxylic acids is 2. The van der Waals surface area contributed by atoms with Crippen LogP contribution in [0.4, 0.5) is 10.5 Å². The molecule has 0 spiro atoms. The molecule has 1 aromatic carbocycles. The topological polar surface area (TPSA) is 81.4 Å². The number of hydrogen-bond donors (Lipinski definition) is 2. The Morgan fingerprint density at radius 1 is 1.26 bits per heavy atom. The van der Waals surface area contributed by atoms with Gasteiger partial charge in [-0.25, -0.2) is 4.79 Å². The molecule has 1 atom stereocenters. The molecule has 0 saturated carbocycles. The van der Waals surface area contributed by atoms with E-state index >= 15 is 0 Å². The second-order valence-electron chi connectivity index (χ2n) is 5.32. The summed E-state index contributed by atoms with van der Waals surface area (Å²) in [6.07, 6.45) is -0.622. The maximum absolute atomic E-state index is 12.1. The van der Waals surface area contributed by atoms with Crippen molar-refractivity contribution in [2.75, 3.05) is 5.73 Å². The molecule has 0 fully saturated rings. The van der Waals surface area contributed by atoms with Crippen LogP contribution < -0.4 is 11.1 Å². The van der Waals surface area contributed by atoms with Crippen LogP contribution in [0.15, 0.2) is 24.3 Å². The van der Waals surface area contributed by atoms with Crippen LogP contribution in [0.25, 0.3) is 0 Å². The monoisotopic (exact) mass is 264 g/mol. The lowest BCUT2D eigenvalue weighted by Crippen LogP contribution is -2.41. The Labute approximate surface area is 113 Å². The number of nitrogen functional groups attached to an aromatic ring is 1. The quantitative estimate of drug-likeness (QED) is 0.648. The summed E-state index contributed by atoms with van der Waals surface area (Å²) in [5, 5.41) is 2.50. The van der Waals surface area contributed by atoms with Crippen LogP contribution in [0.3, 0.4) is 0 Å². The third-order valence-corrected chi connectivity index (χ3v) is 2.35. The fraction of sp³-hybridized carbons (Fsp3) is 0.429. The molecule has 0 aliphatic heterocycles. The normalized spacial score (nSPS) is 12.6. The summed E-state index contributed by atoms with van der Waals surface area (Å²) in [4.78, 5) is 23.7. The summed E-state index contributed by atoms with van der Waals surface area (Å²) in [6.45, 7) is 6.87. The molecule has 1 amide bonds. The van der Waals surface area contributed by atoms with E-state index in [-0.39, 0.29) is 5.78 Å². The van der Waals surface area contributed by atoms with Gasteiger partial charge < -0.3 is 15.8 Å². The summed E-state index contributed by atoms with van der Waals surface area (Å²) in [6, 6.07) is 6.06. The predicted octanol–water partition coefficient (Wildman–Crippen LogP) is 2.36. The fourth-order valence-corrected chi connectivity index (χ4v) is 1.50. The molecular weight excluding hydrogens is 244 g/mol. The first-order valence-electron chi connectivity index (χ1n) is 6.09. The first-order chi connectivity index (χ1) is 8.70. The molecule has 0 radical (unpaired) electrons. The van der Waals surface area contributed by atoms with Gasteiger partial charge in [0.25, 0.3) is 0 Å². The second-order valence-corrected chi connectivity index (χ2v) is 5.32. The van der Waals surface area contributed by atoms with Crippen molar-refractivity contribution >= 4 is 17.6 Å². The Kier molecular flexibility index (Phi) is 4.53. The van der Waals surface area contributed by atoms with Crippen molar-refractivity contribution in [3.63, 3.8) is 0 Å². The molecule has 104 valence electrons. The minimum absolute atomic E-state index is 0.246. The Hall–Kier alpha value is -2.04. The molecule has 0 aliphatic carbocycles. The number of carbonyl (C=O) groups is 2. The van der Waals surface area contributed by atoms with Crippen molar-refractivity contribution in [2.45, 2.75) is 39.3 Å². The summed E-state index contributed by atoms with van der Waals surface area (Å²) in [7, 11) is 0. The average molecular weight is 264 g/mol. The number of ether oxygens (including phenoxy) is 1. The number of nitrogens with one attached hydrogen (secondary N) is 1. The summed E-state index contributed by atoms with van der Waals surface area (Å²) in [5.41, 5.74) is 5.92. The van der Waals surface area contributed by atoms with Gasteiger partial charge in [-0.05, 0) is 39.8 Å². The van der Waals surface area contributed by atoms with Crippen molar-refractivity contribution in [1.29, 1.82) is 0 Å². The van der Waals surface area contributed by atoms with Gasteiger partial charge in [-0.3, -0.25) is 4.79 Å². The van der Waals surface area contributed by atoms with Crippen LogP contribution in [0, 0.1) is 0 Å².